The van der Waals surface area contributed by atoms with Crippen LogP contribution in [-0.4, -0.2) is 43.7 Å². The number of hydrogen-bond donors (Lipinski definition) is 1. The number of rotatable bonds is 3. The van der Waals surface area contributed by atoms with Crippen LogP contribution in [0.4, 0.5) is 0 Å². The monoisotopic (exact) mass is 214 g/mol. The van der Waals surface area contributed by atoms with Gasteiger partial charge in [-0.15, -0.1) is 0 Å². The molecule has 88 valence electrons. The first-order chi connectivity index (χ1) is 6.88. The van der Waals surface area contributed by atoms with Crippen LogP contribution in [0.15, 0.2) is 0 Å². The normalized spacial score (nSPS) is 26.7. The standard InChI is InChI=1S/C11H22N2O2/c1-8(12)10(14)13-5-9(6-15-4)11(2,3)7-13/h8-9H,5-7,12H2,1-4H3/t8-,9+/m1/s1. The average molecular weight is 214 g/mol. The van der Waals surface area contributed by atoms with Crippen molar-refractivity contribution in [1.82, 2.24) is 4.90 Å². The molecule has 1 fully saturated rings. The average Bonchev–Trinajstić information content (AvgIpc) is 2.41. The predicted molar refractivity (Wildman–Crippen MR) is 59.4 cm³/mol. The smallest absolute Gasteiger partial charge is 0.239 e. The Hall–Kier alpha value is -0.610. The van der Waals surface area contributed by atoms with Crippen molar-refractivity contribution in [2.24, 2.45) is 17.1 Å². The van der Waals surface area contributed by atoms with Crippen LogP contribution >= 0.6 is 0 Å². The first kappa shape index (κ1) is 12.5. The molecule has 0 aromatic heterocycles. The number of amides is 1. The second-order valence-electron chi connectivity index (χ2n) is 5.15. The maximum absolute atomic E-state index is 11.7. The lowest BCUT2D eigenvalue weighted by Crippen LogP contribution is -2.41. The van der Waals surface area contributed by atoms with Gasteiger partial charge in [-0.1, -0.05) is 13.8 Å². The van der Waals surface area contributed by atoms with E-state index in [4.69, 9.17) is 10.5 Å². The summed E-state index contributed by atoms with van der Waals surface area (Å²) < 4.78 is 5.18. The number of ether oxygens (including phenoxy) is 1. The molecule has 0 saturated carbocycles. The molecule has 1 rings (SSSR count). The quantitative estimate of drug-likeness (QED) is 0.743. The zero-order valence-electron chi connectivity index (χ0n) is 10.1. The largest absolute Gasteiger partial charge is 0.384 e. The van der Waals surface area contributed by atoms with Gasteiger partial charge >= 0.3 is 0 Å². The Balaban J connectivity index is 2.65. The Morgan fingerprint density at radius 2 is 2.27 bits per heavy atom. The molecule has 4 heteroatoms. The van der Waals surface area contributed by atoms with E-state index in [1.54, 1.807) is 14.0 Å². The van der Waals surface area contributed by atoms with Gasteiger partial charge in [-0.25, -0.2) is 0 Å². The zero-order chi connectivity index (χ0) is 11.6. The molecule has 0 spiro atoms. The minimum atomic E-state index is -0.401. The summed E-state index contributed by atoms with van der Waals surface area (Å²) >= 11 is 0. The number of likely N-dealkylation sites (tertiary alicyclic amines) is 1. The number of nitrogens with zero attached hydrogens (tertiary/aromatic N) is 1. The summed E-state index contributed by atoms with van der Waals surface area (Å²) in [6.45, 7) is 8.33. The van der Waals surface area contributed by atoms with Crippen LogP contribution in [0.3, 0.4) is 0 Å². The summed E-state index contributed by atoms with van der Waals surface area (Å²) in [7, 11) is 1.70. The molecule has 0 unspecified atom stereocenters. The van der Waals surface area contributed by atoms with E-state index in [1.807, 2.05) is 4.90 Å². The Morgan fingerprint density at radius 3 is 2.73 bits per heavy atom. The van der Waals surface area contributed by atoms with Gasteiger partial charge in [-0.3, -0.25) is 4.79 Å². The highest BCUT2D eigenvalue weighted by Crippen LogP contribution is 2.35. The van der Waals surface area contributed by atoms with Crippen LogP contribution < -0.4 is 5.73 Å². The molecule has 0 aromatic carbocycles. The van der Waals surface area contributed by atoms with E-state index in [9.17, 15) is 4.79 Å². The van der Waals surface area contributed by atoms with E-state index in [0.717, 1.165) is 13.1 Å². The fourth-order valence-corrected chi connectivity index (χ4v) is 2.13. The van der Waals surface area contributed by atoms with Gasteiger partial charge in [0.1, 0.15) is 0 Å². The van der Waals surface area contributed by atoms with Gasteiger partial charge in [0.2, 0.25) is 5.91 Å². The van der Waals surface area contributed by atoms with E-state index < -0.39 is 6.04 Å². The molecule has 1 amide bonds. The molecule has 0 bridgehead atoms. The maximum atomic E-state index is 11.7. The molecule has 0 aromatic rings. The highest BCUT2D eigenvalue weighted by Gasteiger charge is 2.41. The van der Waals surface area contributed by atoms with Crippen LogP contribution in [-0.2, 0) is 9.53 Å². The number of carbonyl (C=O) groups is 1. The summed E-state index contributed by atoms with van der Waals surface area (Å²) in [5, 5.41) is 0. The Kier molecular flexibility index (Phi) is 3.73. The predicted octanol–water partition coefficient (Wildman–Crippen LogP) is 0.465. The first-order valence-electron chi connectivity index (χ1n) is 5.42. The highest BCUT2D eigenvalue weighted by molar-refractivity contribution is 5.81. The van der Waals surface area contributed by atoms with Crippen molar-refractivity contribution in [3.05, 3.63) is 0 Å². The number of carbonyl (C=O) groups excluding carboxylic acids is 1. The van der Waals surface area contributed by atoms with Crippen molar-refractivity contribution in [1.29, 1.82) is 0 Å². The van der Waals surface area contributed by atoms with E-state index in [2.05, 4.69) is 13.8 Å². The lowest BCUT2D eigenvalue weighted by Gasteiger charge is -2.24. The van der Waals surface area contributed by atoms with Crippen LogP contribution in [0.1, 0.15) is 20.8 Å². The van der Waals surface area contributed by atoms with Crippen molar-refractivity contribution >= 4 is 5.91 Å². The molecule has 0 radical (unpaired) electrons. The van der Waals surface area contributed by atoms with Gasteiger partial charge in [0.25, 0.3) is 0 Å². The summed E-state index contributed by atoms with van der Waals surface area (Å²) in [6, 6.07) is -0.401. The Bertz CT molecular complexity index is 239. The molecule has 1 aliphatic heterocycles. The Labute approximate surface area is 91.8 Å². The van der Waals surface area contributed by atoms with Crippen LogP contribution in [0.5, 0.6) is 0 Å². The second-order valence-corrected chi connectivity index (χ2v) is 5.15. The second kappa shape index (κ2) is 4.49. The van der Waals surface area contributed by atoms with Crippen LogP contribution in [0.25, 0.3) is 0 Å². The maximum Gasteiger partial charge on any atom is 0.239 e. The van der Waals surface area contributed by atoms with E-state index in [1.165, 1.54) is 0 Å². The third-order valence-electron chi connectivity index (χ3n) is 3.21. The van der Waals surface area contributed by atoms with Crippen molar-refractivity contribution in [3.63, 3.8) is 0 Å². The van der Waals surface area contributed by atoms with E-state index in [0.29, 0.717) is 12.5 Å². The molecule has 1 heterocycles. The molecule has 2 atom stereocenters. The van der Waals surface area contributed by atoms with Gasteiger partial charge < -0.3 is 15.4 Å². The van der Waals surface area contributed by atoms with Gasteiger partial charge in [0.05, 0.1) is 12.6 Å². The fourth-order valence-electron chi connectivity index (χ4n) is 2.13. The molecular weight excluding hydrogens is 192 g/mol. The Morgan fingerprint density at radius 1 is 1.67 bits per heavy atom. The molecule has 4 nitrogen and oxygen atoms in total. The molecular formula is C11H22N2O2. The van der Waals surface area contributed by atoms with E-state index >= 15 is 0 Å². The third-order valence-corrected chi connectivity index (χ3v) is 3.21. The minimum Gasteiger partial charge on any atom is -0.384 e. The number of hydrogen-bond acceptors (Lipinski definition) is 3. The highest BCUT2D eigenvalue weighted by atomic mass is 16.5. The van der Waals surface area contributed by atoms with Crippen molar-refractivity contribution in [3.8, 4) is 0 Å². The van der Waals surface area contributed by atoms with Gasteiger partial charge in [-0.05, 0) is 12.3 Å². The third kappa shape index (κ3) is 2.69. The number of methoxy groups -OCH3 is 1. The minimum absolute atomic E-state index is 0.0432. The summed E-state index contributed by atoms with van der Waals surface area (Å²) in [5.41, 5.74) is 5.73. The molecule has 15 heavy (non-hydrogen) atoms. The van der Waals surface area contributed by atoms with Crippen molar-refractivity contribution in [2.75, 3.05) is 26.8 Å². The van der Waals surface area contributed by atoms with Gasteiger partial charge in [-0.2, -0.15) is 0 Å². The van der Waals surface area contributed by atoms with Crippen molar-refractivity contribution < 1.29 is 9.53 Å². The lowest BCUT2D eigenvalue weighted by atomic mass is 9.83. The number of nitrogens with two attached hydrogens (primary N) is 1. The molecule has 1 saturated heterocycles. The van der Waals surface area contributed by atoms with Gasteiger partial charge in [0.15, 0.2) is 0 Å². The SMILES string of the molecule is COC[C@@H]1CN(C(=O)[C@@H](C)N)CC1(C)C. The zero-order valence-corrected chi connectivity index (χ0v) is 10.1. The summed E-state index contributed by atoms with van der Waals surface area (Å²) in [6.07, 6.45) is 0. The topological polar surface area (TPSA) is 55.6 Å². The molecule has 0 aliphatic carbocycles. The van der Waals surface area contributed by atoms with Gasteiger partial charge in [0, 0.05) is 26.1 Å². The molecule has 1 aliphatic rings. The van der Waals surface area contributed by atoms with Crippen LogP contribution in [0.2, 0.25) is 0 Å². The molecule has 2 N–H and O–H groups in total. The summed E-state index contributed by atoms with van der Waals surface area (Å²) in [4.78, 5) is 13.6. The van der Waals surface area contributed by atoms with Crippen molar-refractivity contribution in [2.45, 2.75) is 26.8 Å². The van der Waals surface area contributed by atoms with Crippen LogP contribution in [0, 0.1) is 11.3 Å². The lowest BCUT2D eigenvalue weighted by molar-refractivity contribution is -0.131. The first-order valence-corrected chi connectivity index (χ1v) is 5.42. The summed E-state index contributed by atoms with van der Waals surface area (Å²) in [5.74, 6) is 0.451. The fraction of sp³-hybridized carbons (Fsp3) is 0.909. The van der Waals surface area contributed by atoms with E-state index in [-0.39, 0.29) is 11.3 Å².